The van der Waals surface area contributed by atoms with Gasteiger partial charge in [-0.2, -0.15) is 0 Å². The van der Waals surface area contributed by atoms with Crippen LogP contribution in [-0.4, -0.2) is 0 Å². The van der Waals surface area contributed by atoms with Gasteiger partial charge in [0.05, 0.1) is 0 Å². The van der Waals surface area contributed by atoms with Gasteiger partial charge in [0, 0.05) is 5.92 Å². The van der Waals surface area contributed by atoms with E-state index in [1.165, 1.54) is 22.3 Å². The molecule has 0 unspecified atom stereocenters. The summed E-state index contributed by atoms with van der Waals surface area (Å²) in [6, 6.07) is 17.6. The number of aryl methyl sites for hydroxylation is 2. The van der Waals surface area contributed by atoms with Crippen LogP contribution in [0.1, 0.15) is 35.1 Å². The molecule has 0 bridgehead atoms. The van der Waals surface area contributed by atoms with Crippen LogP contribution in [0.2, 0.25) is 0 Å². The lowest BCUT2D eigenvalue weighted by molar-refractivity contribution is 0.920. The zero-order valence-corrected chi connectivity index (χ0v) is 10.9. The topological polar surface area (TPSA) is 35.0 Å². The van der Waals surface area contributed by atoms with Crippen LogP contribution in [0.25, 0.3) is 0 Å². The molecule has 2 rings (SSSR count). The van der Waals surface area contributed by atoms with Gasteiger partial charge in [0.25, 0.3) is 0 Å². The van der Waals surface area contributed by atoms with Crippen molar-refractivity contribution >= 4 is 0 Å². The number of rotatable bonds is 2. The number of hydrogen-bond acceptors (Lipinski definition) is 1. The second-order valence-electron chi connectivity index (χ2n) is 4.54. The average Bonchev–Trinajstić information content (AvgIpc) is 2.30. The highest BCUT2D eigenvalue weighted by atomic mass is 14.1. The van der Waals surface area contributed by atoms with Crippen molar-refractivity contribution in [3.63, 3.8) is 0 Å². The standard InChI is InChI=1S/C16H18.H3N/c1-12-4-8-15(9-5-12)14(3)16-10-6-13(2)7-11-16;/h4-11,14H,1-3H3;1H3. The molecule has 0 atom stereocenters. The molecule has 0 heterocycles. The van der Waals surface area contributed by atoms with E-state index in [4.69, 9.17) is 0 Å². The summed E-state index contributed by atoms with van der Waals surface area (Å²) in [5.74, 6) is 0.473. The Kier molecular flexibility index (Phi) is 4.47. The van der Waals surface area contributed by atoms with E-state index < -0.39 is 0 Å². The third kappa shape index (κ3) is 3.18. The smallest absolute Gasteiger partial charge is 0.00610 e. The Bertz CT molecular complexity index is 408. The summed E-state index contributed by atoms with van der Waals surface area (Å²) in [6.07, 6.45) is 0. The summed E-state index contributed by atoms with van der Waals surface area (Å²) in [5, 5.41) is 0. The lowest BCUT2D eigenvalue weighted by Crippen LogP contribution is -1.95. The van der Waals surface area contributed by atoms with Crippen molar-refractivity contribution in [2.75, 3.05) is 0 Å². The molecule has 3 N–H and O–H groups in total. The summed E-state index contributed by atoms with van der Waals surface area (Å²) in [7, 11) is 0. The largest absolute Gasteiger partial charge is 0.344 e. The fourth-order valence-corrected chi connectivity index (χ4v) is 1.90. The van der Waals surface area contributed by atoms with E-state index in [9.17, 15) is 0 Å². The van der Waals surface area contributed by atoms with Gasteiger partial charge >= 0.3 is 0 Å². The maximum Gasteiger partial charge on any atom is 0.00610 e. The Labute approximate surface area is 104 Å². The van der Waals surface area contributed by atoms with E-state index in [-0.39, 0.29) is 6.15 Å². The van der Waals surface area contributed by atoms with E-state index in [1.54, 1.807) is 0 Å². The Hall–Kier alpha value is -1.60. The van der Waals surface area contributed by atoms with Crippen molar-refractivity contribution in [2.45, 2.75) is 26.7 Å². The summed E-state index contributed by atoms with van der Waals surface area (Å²) < 4.78 is 0. The summed E-state index contributed by atoms with van der Waals surface area (Å²) in [4.78, 5) is 0. The summed E-state index contributed by atoms with van der Waals surface area (Å²) >= 11 is 0. The molecule has 0 amide bonds. The molecule has 1 heteroatoms. The molecule has 17 heavy (non-hydrogen) atoms. The van der Waals surface area contributed by atoms with Gasteiger partial charge in [-0.25, -0.2) is 0 Å². The van der Waals surface area contributed by atoms with E-state index in [0.29, 0.717) is 5.92 Å². The Balaban J connectivity index is 0.00000144. The van der Waals surface area contributed by atoms with Gasteiger partial charge in [-0.15, -0.1) is 0 Å². The van der Waals surface area contributed by atoms with Crippen LogP contribution in [-0.2, 0) is 0 Å². The highest BCUT2D eigenvalue weighted by molar-refractivity contribution is 5.34. The molecule has 2 aromatic carbocycles. The van der Waals surface area contributed by atoms with E-state index in [2.05, 4.69) is 69.3 Å². The van der Waals surface area contributed by atoms with Crippen molar-refractivity contribution in [3.8, 4) is 0 Å². The molecule has 0 aromatic heterocycles. The third-order valence-corrected chi connectivity index (χ3v) is 3.15. The SMILES string of the molecule is Cc1ccc(C(C)c2ccc(C)cc2)cc1.N. The zero-order valence-electron chi connectivity index (χ0n) is 10.9. The lowest BCUT2D eigenvalue weighted by Gasteiger charge is -2.12. The van der Waals surface area contributed by atoms with E-state index in [0.717, 1.165) is 0 Å². The van der Waals surface area contributed by atoms with Crippen molar-refractivity contribution in [1.82, 2.24) is 6.15 Å². The minimum absolute atomic E-state index is 0. The van der Waals surface area contributed by atoms with Gasteiger partial charge in [0.1, 0.15) is 0 Å². The first-order valence-electron chi connectivity index (χ1n) is 5.80. The molecule has 2 aromatic rings. The monoisotopic (exact) mass is 227 g/mol. The highest BCUT2D eigenvalue weighted by Crippen LogP contribution is 2.24. The van der Waals surface area contributed by atoms with Gasteiger partial charge in [-0.3, -0.25) is 0 Å². The van der Waals surface area contributed by atoms with E-state index >= 15 is 0 Å². The maximum absolute atomic E-state index is 2.26. The van der Waals surface area contributed by atoms with Gasteiger partial charge in [0.15, 0.2) is 0 Å². The van der Waals surface area contributed by atoms with Crippen LogP contribution in [0, 0.1) is 13.8 Å². The molecule has 0 aliphatic rings. The second-order valence-corrected chi connectivity index (χ2v) is 4.54. The fourth-order valence-electron chi connectivity index (χ4n) is 1.90. The lowest BCUT2D eigenvalue weighted by atomic mass is 9.92. The Morgan fingerprint density at radius 2 is 0.941 bits per heavy atom. The van der Waals surface area contributed by atoms with Crippen molar-refractivity contribution in [2.24, 2.45) is 0 Å². The molecule has 0 spiro atoms. The van der Waals surface area contributed by atoms with Crippen LogP contribution in [0.5, 0.6) is 0 Å². The first-order valence-corrected chi connectivity index (χ1v) is 5.80. The van der Waals surface area contributed by atoms with Crippen molar-refractivity contribution < 1.29 is 0 Å². The second kappa shape index (κ2) is 5.65. The molecule has 1 nitrogen and oxygen atoms in total. The van der Waals surface area contributed by atoms with Gasteiger partial charge < -0.3 is 6.15 Å². The van der Waals surface area contributed by atoms with Gasteiger partial charge in [-0.1, -0.05) is 66.6 Å². The van der Waals surface area contributed by atoms with Crippen LogP contribution in [0.15, 0.2) is 48.5 Å². The summed E-state index contributed by atoms with van der Waals surface area (Å²) in [6.45, 7) is 6.51. The maximum atomic E-state index is 2.26. The van der Waals surface area contributed by atoms with Crippen LogP contribution in [0.4, 0.5) is 0 Å². The molecular formula is C16H21N. The Morgan fingerprint density at radius 3 is 1.24 bits per heavy atom. The van der Waals surface area contributed by atoms with Gasteiger partial charge in [0.2, 0.25) is 0 Å². The molecule has 0 fully saturated rings. The molecular weight excluding hydrogens is 206 g/mol. The molecule has 0 aliphatic carbocycles. The van der Waals surface area contributed by atoms with Crippen molar-refractivity contribution in [3.05, 3.63) is 70.8 Å². The van der Waals surface area contributed by atoms with Gasteiger partial charge in [-0.05, 0) is 25.0 Å². The predicted molar refractivity (Wildman–Crippen MR) is 74.9 cm³/mol. The molecule has 0 radical (unpaired) electrons. The Morgan fingerprint density at radius 1 is 0.647 bits per heavy atom. The molecule has 90 valence electrons. The first kappa shape index (κ1) is 13.5. The minimum Gasteiger partial charge on any atom is -0.344 e. The highest BCUT2D eigenvalue weighted by Gasteiger charge is 2.07. The number of hydrogen-bond donors (Lipinski definition) is 1. The number of benzene rings is 2. The zero-order chi connectivity index (χ0) is 11.5. The fraction of sp³-hybridized carbons (Fsp3) is 0.250. The summed E-state index contributed by atoms with van der Waals surface area (Å²) in [5.41, 5.74) is 5.41. The predicted octanol–water partition coefficient (Wildman–Crippen LogP) is 4.62. The van der Waals surface area contributed by atoms with Crippen LogP contribution in [0.3, 0.4) is 0 Å². The normalized spacial score (nSPS) is 10.1. The minimum atomic E-state index is 0. The molecule has 0 aliphatic heterocycles. The van der Waals surface area contributed by atoms with E-state index in [1.807, 2.05) is 0 Å². The van der Waals surface area contributed by atoms with Crippen LogP contribution >= 0.6 is 0 Å². The van der Waals surface area contributed by atoms with Crippen LogP contribution < -0.4 is 6.15 Å². The third-order valence-electron chi connectivity index (χ3n) is 3.15. The first-order chi connectivity index (χ1) is 7.66. The van der Waals surface area contributed by atoms with Crippen molar-refractivity contribution in [1.29, 1.82) is 0 Å². The molecule has 0 saturated carbocycles. The quantitative estimate of drug-likeness (QED) is 0.798. The average molecular weight is 227 g/mol. The molecule has 0 saturated heterocycles.